The van der Waals surface area contributed by atoms with Crippen LogP contribution in [0, 0.1) is 12.3 Å². The fourth-order valence-corrected chi connectivity index (χ4v) is 6.32. The number of aromatic nitrogens is 4. The predicted octanol–water partition coefficient (Wildman–Crippen LogP) is 2.99. The van der Waals surface area contributed by atoms with E-state index in [0.29, 0.717) is 35.6 Å². The van der Waals surface area contributed by atoms with Gasteiger partial charge in [-0.05, 0) is 63.7 Å². The van der Waals surface area contributed by atoms with Crippen LogP contribution in [0.1, 0.15) is 68.8 Å². The molecular formula is C20H25N5O. The molecule has 8 rings (SSSR count). The van der Waals surface area contributed by atoms with Crippen molar-refractivity contribution in [1.82, 2.24) is 19.6 Å². The minimum absolute atomic E-state index is 0.463. The third kappa shape index (κ3) is 1.89. The van der Waals surface area contributed by atoms with Crippen LogP contribution in [0.15, 0.2) is 6.07 Å². The lowest BCUT2D eigenvalue weighted by Gasteiger charge is -2.56. The number of aryl methyl sites for hydroxylation is 1. The van der Waals surface area contributed by atoms with Gasteiger partial charge >= 0.3 is 0 Å². The highest BCUT2D eigenvalue weighted by molar-refractivity contribution is 5.50. The third-order valence-corrected chi connectivity index (χ3v) is 7.71. The van der Waals surface area contributed by atoms with Crippen molar-refractivity contribution in [2.45, 2.75) is 88.5 Å². The van der Waals surface area contributed by atoms with E-state index in [9.17, 15) is 0 Å². The van der Waals surface area contributed by atoms with Crippen molar-refractivity contribution in [3.63, 3.8) is 0 Å². The number of ether oxygens (including phenoxy) is 1. The largest absolute Gasteiger partial charge is 0.375 e. The molecule has 2 aromatic rings. The Morgan fingerprint density at radius 2 is 1.73 bits per heavy atom. The molecule has 26 heavy (non-hydrogen) atoms. The van der Waals surface area contributed by atoms with Crippen molar-refractivity contribution < 1.29 is 4.74 Å². The van der Waals surface area contributed by atoms with Gasteiger partial charge in [0.1, 0.15) is 5.82 Å². The van der Waals surface area contributed by atoms with Gasteiger partial charge in [-0.3, -0.25) is 0 Å². The molecule has 6 heterocycles. The number of nitrogens with zero attached hydrogens (tertiary/aromatic N) is 5. The molecule has 4 saturated heterocycles. The molecule has 1 spiro atoms. The summed E-state index contributed by atoms with van der Waals surface area (Å²) in [6, 6.07) is 3.32. The molecule has 2 saturated carbocycles. The molecule has 6 nitrogen and oxygen atoms in total. The molecule has 4 bridgehead atoms. The lowest BCUT2D eigenvalue weighted by atomic mass is 9.70. The van der Waals surface area contributed by atoms with Crippen molar-refractivity contribution >= 4 is 11.6 Å². The summed E-state index contributed by atoms with van der Waals surface area (Å²) < 4.78 is 8.16. The molecule has 0 radical (unpaired) electrons. The van der Waals surface area contributed by atoms with E-state index in [0.717, 1.165) is 43.1 Å². The highest BCUT2D eigenvalue weighted by atomic mass is 16.5. The quantitative estimate of drug-likeness (QED) is 0.832. The first-order valence-electron chi connectivity index (χ1n) is 10.3. The van der Waals surface area contributed by atoms with E-state index in [4.69, 9.17) is 19.8 Å². The number of hydrogen-bond donors (Lipinski definition) is 0. The maximum absolute atomic E-state index is 6.12. The number of piperidine rings is 2. The summed E-state index contributed by atoms with van der Waals surface area (Å²) in [4.78, 5) is 12.1. The van der Waals surface area contributed by atoms with Crippen molar-refractivity contribution in [3.05, 3.63) is 17.6 Å². The minimum Gasteiger partial charge on any atom is -0.375 e. The van der Waals surface area contributed by atoms with E-state index in [1.165, 1.54) is 31.4 Å². The van der Waals surface area contributed by atoms with Crippen LogP contribution in [-0.2, 0) is 4.74 Å². The first kappa shape index (κ1) is 14.4. The van der Waals surface area contributed by atoms with Crippen LogP contribution in [0.5, 0.6) is 0 Å². The van der Waals surface area contributed by atoms with E-state index < -0.39 is 0 Å². The Kier molecular flexibility index (Phi) is 2.53. The number of rotatable bonds is 2. The second kappa shape index (κ2) is 4.58. The summed E-state index contributed by atoms with van der Waals surface area (Å²) in [6.45, 7) is 2.01. The van der Waals surface area contributed by atoms with Gasteiger partial charge in [-0.15, -0.1) is 0 Å². The summed E-state index contributed by atoms with van der Waals surface area (Å²) in [6.07, 6.45) is 11.0. The molecule has 6 fully saturated rings. The van der Waals surface area contributed by atoms with Gasteiger partial charge in [0.05, 0.1) is 17.9 Å². The summed E-state index contributed by atoms with van der Waals surface area (Å²) in [5.41, 5.74) is 2.91. The second-order valence-corrected chi connectivity index (χ2v) is 9.55. The zero-order chi connectivity index (χ0) is 17.0. The molecule has 2 aliphatic carbocycles. The van der Waals surface area contributed by atoms with E-state index >= 15 is 0 Å². The maximum Gasteiger partial charge on any atom is 0.230 e. The Hall–Kier alpha value is -1.69. The van der Waals surface area contributed by atoms with Gasteiger partial charge in [0.2, 0.25) is 5.95 Å². The number of fused-ring (bicyclic) bond motifs is 1. The van der Waals surface area contributed by atoms with Crippen LogP contribution >= 0.6 is 0 Å². The molecule has 6 heteroatoms. The average molecular weight is 351 g/mol. The van der Waals surface area contributed by atoms with Crippen LogP contribution in [0.25, 0.3) is 5.65 Å². The topological polar surface area (TPSA) is 55.6 Å². The molecule has 136 valence electrons. The van der Waals surface area contributed by atoms with E-state index in [1.54, 1.807) is 0 Å². The Bertz CT molecular complexity index is 880. The molecule has 4 aliphatic heterocycles. The van der Waals surface area contributed by atoms with Crippen LogP contribution in [0.3, 0.4) is 0 Å². The summed E-state index contributed by atoms with van der Waals surface area (Å²) in [5, 5.41) is 5.02. The summed E-state index contributed by atoms with van der Waals surface area (Å²) in [7, 11) is 0. The van der Waals surface area contributed by atoms with E-state index in [2.05, 4.69) is 11.0 Å². The fourth-order valence-electron chi connectivity index (χ4n) is 6.32. The zero-order valence-corrected chi connectivity index (χ0v) is 15.3. The number of anilines is 1. The van der Waals surface area contributed by atoms with Crippen LogP contribution in [0.4, 0.5) is 5.95 Å². The lowest BCUT2D eigenvalue weighted by molar-refractivity contribution is -0.121. The van der Waals surface area contributed by atoms with Gasteiger partial charge in [0.15, 0.2) is 5.65 Å². The normalized spacial score (nSPS) is 36.9. The third-order valence-electron chi connectivity index (χ3n) is 7.71. The van der Waals surface area contributed by atoms with Gasteiger partial charge < -0.3 is 9.64 Å². The summed E-state index contributed by atoms with van der Waals surface area (Å²) in [5.74, 6) is 2.51. The van der Waals surface area contributed by atoms with Crippen LogP contribution in [0.2, 0.25) is 0 Å². The minimum atomic E-state index is 0.463. The first-order chi connectivity index (χ1) is 12.7. The van der Waals surface area contributed by atoms with E-state index in [-0.39, 0.29) is 0 Å². The van der Waals surface area contributed by atoms with Gasteiger partial charge in [0, 0.05) is 24.1 Å². The molecule has 0 N–H and O–H groups in total. The van der Waals surface area contributed by atoms with Gasteiger partial charge in [-0.2, -0.15) is 14.6 Å². The lowest BCUT2D eigenvalue weighted by Crippen LogP contribution is -2.63. The number of hydrogen-bond acceptors (Lipinski definition) is 5. The van der Waals surface area contributed by atoms with Gasteiger partial charge in [-0.25, -0.2) is 4.98 Å². The molecule has 0 aromatic carbocycles. The smallest absolute Gasteiger partial charge is 0.230 e. The molecule has 6 aliphatic rings. The molecule has 0 unspecified atom stereocenters. The first-order valence-corrected chi connectivity index (χ1v) is 10.3. The Balaban J connectivity index is 1.31. The molecule has 0 amide bonds. The van der Waals surface area contributed by atoms with Crippen molar-refractivity contribution in [1.29, 1.82) is 0 Å². The standard InChI is InChI=1S/C20H25N5O/c1-11-21-18-8-17(12-9-20(10-12)2-3-20)23-25(18)19(22-11)24-13-4-15-6-14(24)7-16(5-13)26-15/h8,12-16H,2-7,9-10H2,1H3. The molecule has 2 aromatic heterocycles. The highest BCUT2D eigenvalue weighted by Crippen LogP contribution is 2.66. The fraction of sp³-hybridized carbons (Fsp3) is 0.750. The zero-order valence-electron chi connectivity index (χ0n) is 15.3. The average Bonchev–Trinajstić information content (AvgIpc) is 3.26. The highest BCUT2D eigenvalue weighted by Gasteiger charge is 2.54. The van der Waals surface area contributed by atoms with Crippen molar-refractivity contribution in [2.24, 2.45) is 5.41 Å². The Morgan fingerprint density at radius 3 is 2.38 bits per heavy atom. The monoisotopic (exact) mass is 351 g/mol. The maximum atomic E-state index is 6.12. The molecule has 0 atom stereocenters. The summed E-state index contributed by atoms with van der Waals surface area (Å²) >= 11 is 0. The van der Waals surface area contributed by atoms with Crippen molar-refractivity contribution in [3.8, 4) is 0 Å². The van der Waals surface area contributed by atoms with Gasteiger partial charge in [-0.1, -0.05) is 0 Å². The van der Waals surface area contributed by atoms with Crippen LogP contribution < -0.4 is 4.90 Å². The Morgan fingerprint density at radius 1 is 1.04 bits per heavy atom. The van der Waals surface area contributed by atoms with Crippen molar-refractivity contribution in [2.75, 3.05) is 4.90 Å². The molecular weight excluding hydrogens is 326 g/mol. The SMILES string of the molecule is Cc1nc(N2C3CC4CC2CC(C3)O4)n2nc(C3CC4(CC4)C3)cc2n1. The predicted molar refractivity (Wildman–Crippen MR) is 96.3 cm³/mol. The second-order valence-electron chi connectivity index (χ2n) is 9.55. The Labute approximate surface area is 152 Å². The van der Waals surface area contributed by atoms with Crippen LogP contribution in [-0.4, -0.2) is 43.9 Å². The van der Waals surface area contributed by atoms with E-state index in [1.807, 2.05) is 11.4 Å². The van der Waals surface area contributed by atoms with Gasteiger partial charge in [0.25, 0.3) is 0 Å².